The van der Waals surface area contributed by atoms with Crippen molar-refractivity contribution in [1.82, 2.24) is 19.6 Å². The van der Waals surface area contributed by atoms with E-state index in [-0.39, 0.29) is 6.54 Å². The van der Waals surface area contributed by atoms with Gasteiger partial charge in [0.15, 0.2) is 0 Å². The second kappa shape index (κ2) is 5.81. The lowest BCUT2D eigenvalue weighted by Gasteiger charge is -2.02. The number of aryl methyl sites for hydroxylation is 2. The van der Waals surface area contributed by atoms with Gasteiger partial charge >= 0.3 is 0 Å². The molecule has 2 heterocycles. The Morgan fingerprint density at radius 3 is 2.74 bits per heavy atom. The van der Waals surface area contributed by atoms with Crippen LogP contribution >= 0.6 is 0 Å². The molecule has 104 valence electrons. The summed E-state index contributed by atoms with van der Waals surface area (Å²) < 4.78 is 27.5. The van der Waals surface area contributed by atoms with Crippen LogP contribution in [0.4, 0.5) is 14.5 Å². The van der Waals surface area contributed by atoms with Crippen molar-refractivity contribution in [3.63, 3.8) is 0 Å². The number of hydrogen-bond donors (Lipinski definition) is 1. The van der Waals surface area contributed by atoms with Crippen LogP contribution in [-0.4, -0.2) is 26.0 Å². The number of halogens is 2. The normalized spacial score (nSPS) is 11.2. The van der Waals surface area contributed by atoms with Gasteiger partial charge in [-0.1, -0.05) is 0 Å². The Morgan fingerprint density at radius 1 is 1.32 bits per heavy atom. The fourth-order valence-corrected chi connectivity index (χ4v) is 1.79. The summed E-state index contributed by atoms with van der Waals surface area (Å²) in [7, 11) is 0. The van der Waals surface area contributed by atoms with E-state index in [4.69, 9.17) is 0 Å². The standard InChI is InChI=1S/C12H17F2N5/c1-3-18-6-10(9(2)17-18)4-15-11-5-16-19(7-11)8-12(13)14/h5-7,12,15H,3-4,8H2,1-2H3. The SMILES string of the molecule is CCn1cc(CNc2cnn(CC(F)F)c2)c(C)n1. The molecule has 1 N–H and O–H groups in total. The Morgan fingerprint density at radius 2 is 2.11 bits per heavy atom. The average molecular weight is 269 g/mol. The molecule has 0 saturated carbocycles. The van der Waals surface area contributed by atoms with E-state index in [1.165, 1.54) is 4.68 Å². The first-order valence-electron chi connectivity index (χ1n) is 6.16. The molecule has 2 rings (SSSR count). The molecule has 0 aliphatic rings. The van der Waals surface area contributed by atoms with Crippen molar-refractivity contribution in [3.05, 3.63) is 29.8 Å². The summed E-state index contributed by atoms with van der Waals surface area (Å²) in [6.45, 7) is 5.02. The van der Waals surface area contributed by atoms with Crippen LogP contribution in [0.5, 0.6) is 0 Å². The Labute approximate surface area is 110 Å². The first-order valence-corrected chi connectivity index (χ1v) is 6.16. The lowest BCUT2D eigenvalue weighted by Crippen LogP contribution is -2.06. The Balaban J connectivity index is 1.94. The minimum Gasteiger partial charge on any atom is -0.378 e. The molecule has 2 aromatic heterocycles. The second-order valence-corrected chi connectivity index (χ2v) is 4.29. The zero-order chi connectivity index (χ0) is 13.8. The maximum absolute atomic E-state index is 12.2. The summed E-state index contributed by atoms with van der Waals surface area (Å²) in [6.07, 6.45) is 2.71. The highest BCUT2D eigenvalue weighted by Crippen LogP contribution is 2.11. The van der Waals surface area contributed by atoms with Gasteiger partial charge < -0.3 is 5.32 Å². The van der Waals surface area contributed by atoms with E-state index in [9.17, 15) is 8.78 Å². The number of aromatic nitrogens is 4. The molecular weight excluding hydrogens is 252 g/mol. The maximum Gasteiger partial charge on any atom is 0.257 e. The molecule has 0 spiro atoms. The number of nitrogens with one attached hydrogen (secondary N) is 1. The third-order valence-electron chi connectivity index (χ3n) is 2.81. The van der Waals surface area contributed by atoms with E-state index >= 15 is 0 Å². The van der Waals surface area contributed by atoms with Crippen LogP contribution in [0.15, 0.2) is 18.6 Å². The predicted molar refractivity (Wildman–Crippen MR) is 68.2 cm³/mol. The van der Waals surface area contributed by atoms with Gasteiger partial charge in [-0.25, -0.2) is 8.78 Å². The minimum atomic E-state index is -2.39. The molecule has 19 heavy (non-hydrogen) atoms. The van der Waals surface area contributed by atoms with E-state index in [1.807, 2.05) is 24.7 Å². The first kappa shape index (κ1) is 13.5. The summed E-state index contributed by atoms with van der Waals surface area (Å²) in [5.41, 5.74) is 2.78. The monoisotopic (exact) mass is 269 g/mol. The summed E-state index contributed by atoms with van der Waals surface area (Å²) >= 11 is 0. The fourth-order valence-electron chi connectivity index (χ4n) is 1.79. The molecule has 0 bridgehead atoms. The number of anilines is 1. The van der Waals surface area contributed by atoms with Crippen molar-refractivity contribution in [2.75, 3.05) is 5.32 Å². The highest BCUT2D eigenvalue weighted by atomic mass is 19.3. The zero-order valence-electron chi connectivity index (χ0n) is 11.0. The van der Waals surface area contributed by atoms with Crippen LogP contribution < -0.4 is 5.32 Å². The predicted octanol–water partition coefficient (Wildman–Crippen LogP) is 2.29. The van der Waals surface area contributed by atoms with Crippen molar-refractivity contribution in [2.24, 2.45) is 0 Å². The fraction of sp³-hybridized carbons (Fsp3) is 0.500. The molecule has 0 aromatic carbocycles. The summed E-state index contributed by atoms with van der Waals surface area (Å²) in [6, 6.07) is 0. The van der Waals surface area contributed by atoms with Crippen LogP contribution in [0, 0.1) is 6.92 Å². The zero-order valence-corrected chi connectivity index (χ0v) is 11.0. The molecule has 0 fully saturated rings. The van der Waals surface area contributed by atoms with E-state index in [0.29, 0.717) is 6.54 Å². The molecule has 0 radical (unpaired) electrons. The van der Waals surface area contributed by atoms with E-state index < -0.39 is 6.43 Å². The number of alkyl halides is 2. The molecule has 7 heteroatoms. The lowest BCUT2D eigenvalue weighted by atomic mass is 10.2. The van der Waals surface area contributed by atoms with Gasteiger partial charge in [-0.2, -0.15) is 10.2 Å². The molecule has 0 atom stereocenters. The smallest absolute Gasteiger partial charge is 0.257 e. The number of hydrogen-bond acceptors (Lipinski definition) is 3. The van der Waals surface area contributed by atoms with Gasteiger partial charge in [0, 0.05) is 31.0 Å². The van der Waals surface area contributed by atoms with Crippen LogP contribution in [0.2, 0.25) is 0 Å². The molecule has 0 unspecified atom stereocenters. The third kappa shape index (κ3) is 3.52. The second-order valence-electron chi connectivity index (χ2n) is 4.29. The van der Waals surface area contributed by atoms with E-state index in [2.05, 4.69) is 15.5 Å². The van der Waals surface area contributed by atoms with Crippen LogP contribution in [0.1, 0.15) is 18.2 Å². The summed E-state index contributed by atoms with van der Waals surface area (Å²) in [4.78, 5) is 0. The number of rotatable bonds is 6. The van der Waals surface area contributed by atoms with Gasteiger partial charge in [0.05, 0.1) is 17.6 Å². The molecule has 0 aliphatic heterocycles. The van der Waals surface area contributed by atoms with Crippen molar-refractivity contribution < 1.29 is 8.78 Å². The Hall–Kier alpha value is -1.92. The van der Waals surface area contributed by atoms with Gasteiger partial charge in [-0.05, 0) is 13.8 Å². The molecule has 5 nitrogen and oxygen atoms in total. The van der Waals surface area contributed by atoms with Gasteiger partial charge in [0.25, 0.3) is 6.43 Å². The molecular formula is C12H17F2N5. The maximum atomic E-state index is 12.2. The summed E-state index contributed by atoms with van der Waals surface area (Å²) in [5.74, 6) is 0. The molecule has 0 aliphatic carbocycles. The largest absolute Gasteiger partial charge is 0.378 e. The van der Waals surface area contributed by atoms with Crippen LogP contribution in [0.25, 0.3) is 0 Å². The summed E-state index contributed by atoms with van der Waals surface area (Å²) in [5, 5.41) is 11.4. The van der Waals surface area contributed by atoms with Gasteiger partial charge in [-0.3, -0.25) is 9.36 Å². The highest BCUT2D eigenvalue weighted by molar-refractivity contribution is 5.39. The van der Waals surface area contributed by atoms with Gasteiger partial charge in [-0.15, -0.1) is 0 Å². The van der Waals surface area contributed by atoms with Crippen LogP contribution in [0.3, 0.4) is 0 Å². The number of nitrogens with zero attached hydrogens (tertiary/aromatic N) is 4. The topological polar surface area (TPSA) is 47.7 Å². The first-order chi connectivity index (χ1) is 9.08. The van der Waals surface area contributed by atoms with Gasteiger partial charge in [0.2, 0.25) is 0 Å². The third-order valence-corrected chi connectivity index (χ3v) is 2.81. The molecule has 2 aromatic rings. The Bertz CT molecular complexity index is 532. The quantitative estimate of drug-likeness (QED) is 0.875. The van der Waals surface area contributed by atoms with Crippen molar-refractivity contribution >= 4 is 5.69 Å². The Kier molecular flexibility index (Phi) is 4.13. The van der Waals surface area contributed by atoms with Crippen LogP contribution in [-0.2, 0) is 19.6 Å². The van der Waals surface area contributed by atoms with Crippen molar-refractivity contribution in [2.45, 2.75) is 39.9 Å². The lowest BCUT2D eigenvalue weighted by molar-refractivity contribution is 0.122. The molecule has 0 saturated heterocycles. The van der Waals surface area contributed by atoms with Crippen molar-refractivity contribution in [3.8, 4) is 0 Å². The van der Waals surface area contributed by atoms with Crippen molar-refractivity contribution in [1.29, 1.82) is 0 Å². The van der Waals surface area contributed by atoms with E-state index in [1.54, 1.807) is 12.4 Å². The average Bonchev–Trinajstić information content (AvgIpc) is 2.93. The molecule has 0 amide bonds. The van der Waals surface area contributed by atoms with E-state index in [0.717, 1.165) is 23.5 Å². The highest BCUT2D eigenvalue weighted by Gasteiger charge is 2.07. The van der Waals surface area contributed by atoms with Gasteiger partial charge in [0.1, 0.15) is 6.54 Å². The minimum absolute atomic E-state index is 0.380.